The van der Waals surface area contributed by atoms with Gasteiger partial charge in [0.1, 0.15) is 5.75 Å². The predicted molar refractivity (Wildman–Crippen MR) is 126 cm³/mol. The van der Waals surface area contributed by atoms with Crippen molar-refractivity contribution in [3.63, 3.8) is 0 Å². The van der Waals surface area contributed by atoms with E-state index >= 15 is 0 Å². The molecule has 0 aliphatic rings. The summed E-state index contributed by atoms with van der Waals surface area (Å²) in [5, 5.41) is 0. The maximum Gasteiger partial charge on any atom is 0.230 e. The van der Waals surface area contributed by atoms with Crippen molar-refractivity contribution in [3.8, 4) is 5.75 Å². The molecule has 2 aromatic carbocycles. The Bertz CT molecular complexity index is 949. The van der Waals surface area contributed by atoms with E-state index in [2.05, 4.69) is 61.0 Å². The van der Waals surface area contributed by atoms with Crippen LogP contribution in [-0.2, 0) is 17.9 Å². The predicted octanol–water partition coefficient (Wildman–Crippen LogP) is 5.87. The quantitative estimate of drug-likeness (QED) is 0.390. The molecule has 31 heavy (non-hydrogen) atoms. The fraction of sp³-hybridized carbons (Fsp3) is 0.370. The molecule has 4 nitrogen and oxygen atoms in total. The van der Waals surface area contributed by atoms with Crippen LogP contribution in [0.15, 0.2) is 72.9 Å². The van der Waals surface area contributed by atoms with Gasteiger partial charge in [-0.1, -0.05) is 62.7 Å². The molecule has 1 amide bonds. The molecular formula is C27H34N2O2. The molecule has 0 aliphatic carbocycles. The van der Waals surface area contributed by atoms with Crippen molar-refractivity contribution in [3.05, 3.63) is 89.7 Å². The van der Waals surface area contributed by atoms with Gasteiger partial charge in [0, 0.05) is 25.0 Å². The molecule has 1 unspecified atom stereocenters. The largest absolute Gasteiger partial charge is 0.497 e. The summed E-state index contributed by atoms with van der Waals surface area (Å²) in [5.74, 6) is 0.982. The minimum Gasteiger partial charge on any atom is -0.497 e. The zero-order valence-corrected chi connectivity index (χ0v) is 19.0. The van der Waals surface area contributed by atoms with Crippen molar-refractivity contribution in [2.24, 2.45) is 0 Å². The van der Waals surface area contributed by atoms with E-state index in [1.54, 1.807) is 7.11 Å². The van der Waals surface area contributed by atoms with E-state index in [-0.39, 0.29) is 11.8 Å². The normalized spacial score (nSPS) is 11.8. The SMILES string of the molecule is CCCCN(Cc1cccn1Cc1cccc(OC)c1)C(=O)C(CC)c1ccccc1. The average molecular weight is 419 g/mol. The number of ether oxygens (including phenoxy) is 1. The van der Waals surface area contributed by atoms with Crippen LogP contribution < -0.4 is 4.74 Å². The van der Waals surface area contributed by atoms with Crippen molar-refractivity contribution in [1.29, 1.82) is 0 Å². The molecule has 0 bridgehead atoms. The first kappa shape index (κ1) is 22.7. The summed E-state index contributed by atoms with van der Waals surface area (Å²) in [6.45, 7) is 6.43. The molecule has 1 atom stereocenters. The number of nitrogens with zero attached hydrogens (tertiary/aromatic N) is 2. The van der Waals surface area contributed by atoms with Gasteiger partial charge < -0.3 is 14.2 Å². The van der Waals surface area contributed by atoms with Crippen molar-refractivity contribution >= 4 is 5.91 Å². The Balaban J connectivity index is 1.80. The highest BCUT2D eigenvalue weighted by Crippen LogP contribution is 2.24. The van der Waals surface area contributed by atoms with Gasteiger partial charge in [0.25, 0.3) is 0 Å². The molecule has 0 saturated heterocycles. The van der Waals surface area contributed by atoms with Crippen LogP contribution in [0.3, 0.4) is 0 Å². The minimum atomic E-state index is -0.0974. The standard InChI is InChI=1S/C27H34N2O2/c1-4-6-17-29(27(30)26(5-2)23-13-8-7-9-14-23)21-24-15-11-18-28(24)20-22-12-10-16-25(19-22)31-3/h7-16,18-19,26H,4-6,17,20-21H2,1-3H3. The molecular weight excluding hydrogens is 384 g/mol. The number of hydrogen-bond donors (Lipinski definition) is 0. The van der Waals surface area contributed by atoms with Gasteiger partial charge in [0.2, 0.25) is 5.91 Å². The third kappa shape index (κ3) is 6.00. The zero-order valence-electron chi connectivity index (χ0n) is 19.0. The maximum absolute atomic E-state index is 13.6. The second kappa shape index (κ2) is 11.4. The number of benzene rings is 2. The summed E-state index contributed by atoms with van der Waals surface area (Å²) in [6.07, 6.45) is 4.96. The van der Waals surface area contributed by atoms with E-state index in [0.29, 0.717) is 6.54 Å². The third-order valence-corrected chi connectivity index (χ3v) is 5.77. The third-order valence-electron chi connectivity index (χ3n) is 5.77. The molecule has 0 aliphatic heterocycles. The first-order chi connectivity index (χ1) is 15.2. The van der Waals surface area contributed by atoms with Crippen LogP contribution in [0.5, 0.6) is 5.75 Å². The average Bonchev–Trinajstić information content (AvgIpc) is 3.24. The Labute approximate surface area is 186 Å². The number of unbranched alkanes of at least 4 members (excludes halogenated alkanes) is 1. The lowest BCUT2D eigenvalue weighted by atomic mass is 9.95. The van der Waals surface area contributed by atoms with Crippen molar-refractivity contribution in [2.45, 2.75) is 52.1 Å². The summed E-state index contributed by atoms with van der Waals surface area (Å²) in [4.78, 5) is 15.6. The highest BCUT2D eigenvalue weighted by atomic mass is 16.5. The lowest BCUT2D eigenvalue weighted by Gasteiger charge is -2.28. The van der Waals surface area contributed by atoms with Crippen molar-refractivity contribution < 1.29 is 9.53 Å². The highest BCUT2D eigenvalue weighted by molar-refractivity contribution is 5.83. The van der Waals surface area contributed by atoms with Gasteiger partial charge in [-0.15, -0.1) is 0 Å². The molecule has 0 N–H and O–H groups in total. The number of amides is 1. The molecule has 1 aromatic heterocycles. The highest BCUT2D eigenvalue weighted by Gasteiger charge is 2.25. The lowest BCUT2D eigenvalue weighted by Crippen LogP contribution is -2.36. The number of carbonyl (C=O) groups excluding carboxylic acids is 1. The summed E-state index contributed by atoms with van der Waals surface area (Å²) in [7, 11) is 1.69. The Kier molecular flexibility index (Phi) is 8.34. The van der Waals surface area contributed by atoms with E-state index in [0.717, 1.165) is 49.4 Å². The Morgan fingerprint density at radius 1 is 1.03 bits per heavy atom. The molecule has 0 radical (unpaired) electrons. The minimum absolute atomic E-state index is 0.0974. The molecule has 1 heterocycles. The van der Waals surface area contributed by atoms with Gasteiger partial charge in [0.05, 0.1) is 19.6 Å². The van der Waals surface area contributed by atoms with Gasteiger partial charge in [-0.2, -0.15) is 0 Å². The lowest BCUT2D eigenvalue weighted by molar-refractivity contribution is -0.133. The molecule has 4 heteroatoms. The van der Waals surface area contributed by atoms with E-state index < -0.39 is 0 Å². The molecule has 0 spiro atoms. The van der Waals surface area contributed by atoms with Gasteiger partial charge in [-0.3, -0.25) is 4.79 Å². The number of rotatable bonds is 11. The second-order valence-electron chi connectivity index (χ2n) is 7.96. The van der Waals surface area contributed by atoms with Crippen LogP contribution in [0.25, 0.3) is 0 Å². The van der Waals surface area contributed by atoms with Crippen LogP contribution in [-0.4, -0.2) is 29.0 Å². The monoisotopic (exact) mass is 418 g/mol. The summed E-state index contributed by atoms with van der Waals surface area (Å²) in [6, 6.07) is 22.5. The van der Waals surface area contributed by atoms with Crippen molar-refractivity contribution in [1.82, 2.24) is 9.47 Å². The zero-order chi connectivity index (χ0) is 22.1. The van der Waals surface area contributed by atoms with Gasteiger partial charge >= 0.3 is 0 Å². The van der Waals surface area contributed by atoms with E-state index in [9.17, 15) is 4.79 Å². The molecule has 0 fully saturated rings. The fourth-order valence-corrected chi connectivity index (χ4v) is 3.99. The number of carbonyl (C=O) groups is 1. The van der Waals surface area contributed by atoms with E-state index in [4.69, 9.17) is 4.74 Å². The molecule has 3 aromatic rings. The maximum atomic E-state index is 13.6. The van der Waals surface area contributed by atoms with Gasteiger partial charge in [-0.25, -0.2) is 0 Å². The number of hydrogen-bond acceptors (Lipinski definition) is 2. The van der Waals surface area contributed by atoms with Gasteiger partial charge in [0.15, 0.2) is 0 Å². The van der Waals surface area contributed by atoms with Crippen LogP contribution in [0, 0.1) is 0 Å². The Morgan fingerprint density at radius 2 is 1.84 bits per heavy atom. The van der Waals surface area contributed by atoms with Crippen LogP contribution >= 0.6 is 0 Å². The summed E-state index contributed by atoms with van der Waals surface area (Å²) >= 11 is 0. The summed E-state index contributed by atoms with van der Waals surface area (Å²) < 4.78 is 7.59. The molecule has 0 saturated carbocycles. The molecule has 3 rings (SSSR count). The number of methoxy groups -OCH3 is 1. The van der Waals surface area contributed by atoms with Crippen LogP contribution in [0.4, 0.5) is 0 Å². The van der Waals surface area contributed by atoms with Crippen molar-refractivity contribution in [2.75, 3.05) is 13.7 Å². The smallest absolute Gasteiger partial charge is 0.230 e. The summed E-state index contributed by atoms with van der Waals surface area (Å²) in [5.41, 5.74) is 3.43. The fourth-order valence-electron chi connectivity index (χ4n) is 3.99. The topological polar surface area (TPSA) is 34.5 Å². The van der Waals surface area contributed by atoms with Gasteiger partial charge in [-0.05, 0) is 48.2 Å². The Hall–Kier alpha value is -3.01. The Morgan fingerprint density at radius 3 is 2.55 bits per heavy atom. The first-order valence-corrected chi connectivity index (χ1v) is 11.3. The molecule has 164 valence electrons. The van der Waals surface area contributed by atoms with E-state index in [1.807, 2.05) is 35.2 Å². The second-order valence-corrected chi connectivity index (χ2v) is 7.96. The van der Waals surface area contributed by atoms with Crippen LogP contribution in [0.1, 0.15) is 55.8 Å². The van der Waals surface area contributed by atoms with Crippen LogP contribution in [0.2, 0.25) is 0 Å². The van der Waals surface area contributed by atoms with E-state index in [1.165, 1.54) is 5.56 Å². The first-order valence-electron chi connectivity index (χ1n) is 11.3. The number of aromatic nitrogens is 1.